The van der Waals surface area contributed by atoms with Gasteiger partial charge in [-0.1, -0.05) is 19.1 Å². The Morgan fingerprint density at radius 1 is 1.57 bits per heavy atom. The summed E-state index contributed by atoms with van der Waals surface area (Å²) in [4.78, 5) is 4.58. The topological polar surface area (TPSA) is 54.4 Å². The molecule has 2 N–H and O–H groups in total. The van der Waals surface area contributed by atoms with Crippen molar-refractivity contribution in [2.75, 3.05) is 7.11 Å². The lowest BCUT2D eigenvalue weighted by Gasteiger charge is -2.15. The van der Waals surface area contributed by atoms with Crippen molar-refractivity contribution < 1.29 is 9.84 Å². The Balaban J connectivity index is 2.12. The van der Waals surface area contributed by atoms with E-state index in [1.54, 1.807) is 7.11 Å². The zero-order chi connectivity index (χ0) is 15.4. The van der Waals surface area contributed by atoms with E-state index in [0.29, 0.717) is 12.3 Å². The van der Waals surface area contributed by atoms with Crippen molar-refractivity contribution in [1.82, 2.24) is 10.3 Å². The number of aromatic nitrogens is 1. The van der Waals surface area contributed by atoms with E-state index < -0.39 is 6.23 Å². The third-order valence-corrected chi connectivity index (χ3v) is 4.25. The molecule has 0 aromatic carbocycles. The maximum atomic E-state index is 9.61. The maximum absolute atomic E-state index is 9.61. The first-order valence-corrected chi connectivity index (χ1v) is 8.21. The van der Waals surface area contributed by atoms with Crippen molar-refractivity contribution in [3.05, 3.63) is 29.5 Å². The van der Waals surface area contributed by atoms with Gasteiger partial charge in [0, 0.05) is 16.1 Å². The van der Waals surface area contributed by atoms with E-state index in [1.807, 2.05) is 26.0 Å². The number of hydrogen-bond donors (Lipinski definition) is 2. The third-order valence-electron chi connectivity index (χ3n) is 3.58. The first-order valence-electron chi connectivity index (χ1n) is 7.41. The van der Waals surface area contributed by atoms with E-state index in [0.717, 1.165) is 16.1 Å². The summed E-state index contributed by atoms with van der Waals surface area (Å²) >= 11 is 3.56. The van der Waals surface area contributed by atoms with E-state index >= 15 is 0 Å². The minimum absolute atomic E-state index is 0.0465. The smallest absolute Gasteiger partial charge is 0.217 e. The predicted molar refractivity (Wildman–Crippen MR) is 88.6 cm³/mol. The van der Waals surface area contributed by atoms with Gasteiger partial charge in [0.2, 0.25) is 5.88 Å². The predicted octanol–water partition coefficient (Wildman–Crippen LogP) is 3.41. The molecule has 1 aliphatic rings. The van der Waals surface area contributed by atoms with Gasteiger partial charge in [0.25, 0.3) is 0 Å². The second kappa shape index (κ2) is 7.38. The Morgan fingerprint density at radius 3 is 2.86 bits per heavy atom. The van der Waals surface area contributed by atoms with Crippen LogP contribution in [0.1, 0.15) is 50.3 Å². The Hall–Kier alpha value is -0.910. The SMILES string of the molecule is CCC(O)N[C@H](C)/C=C(\Br)c1ccc(C2CC2)c(OC)n1. The summed E-state index contributed by atoms with van der Waals surface area (Å²) in [6.07, 6.45) is 4.64. The van der Waals surface area contributed by atoms with Crippen LogP contribution in [0, 0.1) is 0 Å². The van der Waals surface area contributed by atoms with Crippen LogP contribution in [0.5, 0.6) is 5.88 Å². The average Bonchev–Trinajstić information content (AvgIpc) is 3.30. The van der Waals surface area contributed by atoms with Gasteiger partial charge in [0.15, 0.2) is 0 Å². The molecule has 1 aliphatic carbocycles. The summed E-state index contributed by atoms with van der Waals surface area (Å²) in [7, 11) is 1.66. The number of nitrogens with zero attached hydrogens (tertiary/aromatic N) is 1. The van der Waals surface area contributed by atoms with Crippen molar-refractivity contribution in [2.45, 2.75) is 51.3 Å². The van der Waals surface area contributed by atoms with Crippen LogP contribution in [0.4, 0.5) is 0 Å². The standard InChI is InChI=1S/C16H23BrN2O2/c1-4-15(20)18-10(2)9-13(17)14-8-7-12(11-5-6-11)16(19-14)21-3/h7-11,15,18,20H,4-6H2,1-3H3/b13-9-/t10-,15?/m1/s1. The molecule has 0 amide bonds. The molecule has 0 aliphatic heterocycles. The van der Waals surface area contributed by atoms with Crippen LogP contribution in [0.2, 0.25) is 0 Å². The highest BCUT2D eigenvalue weighted by Gasteiger charge is 2.27. The molecule has 1 heterocycles. The van der Waals surface area contributed by atoms with Gasteiger partial charge in [0.05, 0.1) is 12.8 Å². The lowest BCUT2D eigenvalue weighted by Crippen LogP contribution is -2.34. The molecule has 0 bridgehead atoms. The first-order chi connectivity index (χ1) is 10.0. The molecule has 1 fully saturated rings. The van der Waals surface area contributed by atoms with E-state index in [2.05, 4.69) is 32.3 Å². The van der Waals surface area contributed by atoms with Crippen LogP contribution in [0.15, 0.2) is 18.2 Å². The van der Waals surface area contributed by atoms with E-state index in [4.69, 9.17) is 4.74 Å². The number of ether oxygens (including phenoxy) is 1. The van der Waals surface area contributed by atoms with Gasteiger partial charge >= 0.3 is 0 Å². The number of rotatable bonds is 7. The van der Waals surface area contributed by atoms with Gasteiger partial charge in [-0.3, -0.25) is 5.32 Å². The average molecular weight is 355 g/mol. The fourth-order valence-electron chi connectivity index (χ4n) is 2.23. The molecule has 1 saturated carbocycles. The second-order valence-corrected chi connectivity index (χ2v) is 6.32. The number of aliphatic hydroxyl groups excluding tert-OH is 1. The summed E-state index contributed by atoms with van der Waals surface area (Å²) in [6.45, 7) is 3.93. The minimum Gasteiger partial charge on any atom is -0.481 e. The van der Waals surface area contributed by atoms with Crippen LogP contribution in [-0.2, 0) is 0 Å². The Kier molecular flexibility index (Phi) is 5.79. The zero-order valence-corrected chi connectivity index (χ0v) is 14.4. The molecule has 1 unspecified atom stereocenters. The van der Waals surface area contributed by atoms with Crippen molar-refractivity contribution >= 4 is 20.4 Å². The van der Waals surface area contributed by atoms with Gasteiger partial charge in [-0.15, -0.1) is 0 Å². The van der Waals surface area contributed by atoms with Gasteiger partial charge in [-0.2, -0.15) is 0 Å². The van der Waals surface area contributed by atoms with Gasteiger partial charge in [-0.25, -0.2) is 4.98 Å². The number of hydrogen-bond acceptors (Lipinski definition) is 4. The molecule has 4 nitrogen and oxygen atoms in total. The van der Waals surface area contributed by atoms with Gasteiger partial charge in [0.1, 0.15) is 6.23 Å². The number of nitrogens with one attached hydrogen (secondary N) is 1. The molecule has 2 rings (SSSR count). The monoisotopic (exact) mass is 354 g/mol. The van der Waals surface area contributed by atoms with Crippen LogP contribution in [-0.4, -0.2) is 29.5 Å². The molecule has 21 heavy (non-hydrogen) atoms. The van der Waals surface area contributed by atoms with E-state index in [-0.39, 0.29) is 6.04 Å². The lowest BCUT2D eigenvalue weighted by atomic mass is 10.1. The molecule has 2 atom stereocenters. The van der Waals surface area contributed by atoms with Crippen molar-refractivity contribution in [3.8, 4) is 5.88 Å². The highest BCUT2D eigenvalue weighted by Crippen LogP contribution is 2.44. The van der Waals surface area contributed by atoms with Crippen LogP contribution in [0.3, 0.4) is 0 Å². The van der Waals surface area contributed by atoms with E-state index in [1.165, 1.54) is 18.4 Å². The van der Waals surface area contributed by atoms with Crippen molar-refractivity contribution in [1.29, 1.82) is 0 Å². The lowest BCUT2D eigenvalue weighted by molar-refractivity contribution is 0.127. The second-order valence-electron chi connectivity index (χ2n) is 5.46. The quantitative estimate of drug-likeness (QED) is 0.736. The fraction of sp³-hybridized carbons (Fsp3) is 0.562. The number of pyridine rings is 1. The summed E-state index contributed by atoms with van der Waals surface area (Å²) in [5.41, 5.74) is 2.05. The number of aliphatic hydroxyl groups is 1. The molecule has 1 aromatic heterocycles. The molecule has 1 aromatic rings. The van der Waals surface area contributed by atoms with E-state index in [9.17, 15) is 5.11 Å². The number of methoxy groups -OCH3 is 1. The van der Waals surface area contributed by atoms with Gasteiger partial charge < -0.3 is 9.84 Å². The Morgan fingerprint density at radius 2 is 2.29 bits per heavy atom. The summed E-state index contributed by atoms with van der Waals surface area (Å²) in [5, 5.41) is 12.7. The largest absolute Gasteiger partial charge is 0.481 e. The first kappa shape index (κ1) is 16.5. The van der Waals surface area contributed by atoms with Crippen LogP contribution < -0.4 is 10.1 Å². The summed E-state index contributed by atoms with van der Waals surface area (Å²) in [6, 6.07) is 4.16. The third kappa shape index (κ3) is 4.53. The highest BCUT2D eigenvalue weighted by molar-refractivity contribution is 9.15. The normalized spacial score (nSPS) is 18.4. The van der Waals surface area contributed by atoms with Crippen molar-refractivity contribution in [3.63, 3.8) is 0 Å². The molecule has 0 saturated heterocycles. The Bertz CT molecular complexity index is 515. The maximum Gasteiger partial charge on any atom is 0.217 e. The van der Waals surface area contributed by atoms with Crippen LogP contribution in [0.25, 0.3) is 4.48 Å². The molecular formula is C16H23BrN2O2. The molecule has 0 radical (unpaired) electrons. The highest BCUT2D eigenvalue weighted by atomic mass is 79.9. The molecule has 116 valence electrons. The molecule has 0 spiro atoms. The fourth-order valence-corrected chi connectivity index (χ4v) is 2.84. The zero-order valence-electron chi connectivity index (χ0n) is 12.8. The number of halogens is 1. The molecular weight excluding hydrogens is 332 g/mol. The summed E-state index contributed by atoms with van der Waals surface area (Å²) < 4.78 is 6.30. The Labute approximate surface area is 134 Å². The summed E-state index contributed by atoms with van der Waals surface area (Å²) in [5.74, 6) is 1.33. The van der Waals surface area contributed by atoms with Gasteiger partial charge in [-0.05, 0) is 54.1 Å². The van der Waals surface area contributed by atoms with Crippen LogP contribution >= 0.6 is 15.9 Å². The minimum atomic E-state index is -0.490. The van der Waals surface area contributed by atoms with Crippen molar-refractivity contribution in [2.24, 2.45) is 0 Å². The molecule has 5 heteroatoms.